The van der Waals surface area contributed by atoms with Crippen LogP contribution in [0.15, 0.2) is 43.0 Å². The van der Waals surface area contributed by atoms with E-state index in [0.29, 0.717) is 18.5 Å². The van der Waals surface area contributed by atoms with E-state index in [9.17, 15) is 13.2 Å². The maximum absolute atomic E-state index is 12.4. The number of hydrogen-bond donors (Lipinski definition) is 1. The first kappa shape index (κ1) is 13.8. The normalized spacial score (nSPS) is 13.4. The predicted octanol–water partition coefficient (Wildman–Crippen LogP) is 3.85. The second kappa shape index (κ2) is 6.45. The van der Waals surface area contributed by atoms with Crippen molar-refractivity contribution in [2.24, 2.45) is 0 Å². The molecule has 0 radical (unpaired) electrons. The molecule has 1 N–H and O–H groups in total. The third kappa shape index (κ3) is 5.54. The molecule has 4 heteroatoms. The van der Waals surface area contributed by atoms with Gasteiger partial charge in [0.15, 0.2) is 0 Å². The molecule has 1 nitrogen and oxygen atoms in total. The zero-order valence-corrected chi connectivity index (χ0v) is 9.50. The number of benzene rings is 1. The fourth-order valence-electron chi connectivity index (χ4n) is 1.58. The van der Waals surface area contributed by atoms with Gasteiger partial charge in [0.1, 0.15) is 0 Å². The molecule has 0 heterocycles. The molecule has 1 unspecified atom stereocenters. The van der Waals surface area contributed by atoms with Gasteiger partial charge in [0.05, 0.1) is 6.42 Å². The lowest BCUT2D eigenvalue weighted by atomic mass is 10.0. The SMILES string of the molecule is C=CCCNC(CC(F)(F)F)c1ccccc1. The highest BCUT2D eigenvalue weighted by Crippen LogP contribution is 2.29. The van der Waals surface area contributed by atoms with Crippen molar-refractivity contribution in [1.29, 1.82) is 0 Å². The van der Waals surface area contributed by atoms with Crippen molar-refractivity contribution in [3.05, 3.63) is 48.6 Å². The highest BCUT2D eigenvalue weighted by atomic mass is 19.4. The molecule has 0 aromatic heterocycles. The van der Waals surface area contributed by atoms with Crippen molar-refractivity contribution in [2.75, 3.05) is 6.54 Å². The Hall–Kier alpha value is -1.29. The minimum absolute atomic E-state index is 0.499. The lowest BCUT2D eigenvalue weighted by molar-refractivity contribution is -0.140. The number of halogens is 3. The van der Waals surface area contributed by atoms with Crippen LogP contribution in [-0.2, 0) is 0 Å². The highest BCUT2D eigenvalue weighted by molar-refractivity contribution is 5.19. The summed E-state index contributed by atoms with van der Waals surface area (Å²) < 4.78 is 37.3. The van der Waals surface area contributed by atoms with Gasteiger partial charge in [-0.2, -0.15) is 13.2 Å². The van der Waals surface area contributed by atoms with Crippen LogP contribution in [-0.4, -0.2) is 12.7 Å². The Kier molecular flexibility index (Phi) is 5.22. The van der Waals surface area contributed by atoms with Crippen LogP contribution in [0.25, 0.3) is 0 Å². The van der Waals surface area contributed by atoms with Gasteiger partial charge in [-0.05, 0) is 18.5 Å². The molecule has 0 aliphatic heterocycles. The molecule has 0 amide bonds. The van der Waals surface area contributed by atoms with E-state index in [-0.39, 0.29) is 0 Å². The van der Waals surface area contributed by atoms with E-state index in [1.165, 1.54) is 0 Å². The molecular formula is C13H16F3N. The summed E-state index contributed by atoms with van der Waals surface area (Å²) in [5.74, 6) is 0. The molecule has 94 valence electrons. The molecule has 0 spiro atoms. The van der Waals surface area contributed by atoms with E-state index >= 15 is 0 Å². The molecule has 1 aromatic carbocycles. The van der Waals surface area contributed by atoms with Gasteiger partial charge < -0.3 is 5.32 Å². The van der Waals surface area contributed by atoms with Gasteiger partial charge >= 0.3 is 6.18 Å². The van der Waals surface area contributed by atoms with Crippen LogP contribution in [0.3, 0.4) is 0 Å². The van der Waals surface area contributed by atoms with Crippen LogP contribution in [0, 0.1) is 0 Å². The fourth-order valence-corrected chi connectivity index (χ4v) is 1.58. The first-order valence-electron chi connectivity index (χ1n) is 5.49. The topological polar surface area (TPSA) is 12.0 Å². The minimum atomic E-state index is -4.16. The highest BCUT2D eigenvalue weighted by Gasteiger charge is 2.32. The van der Waals surface area contributed by atoms with Gasteiger partial charge in [0.25, 0.3) is 0 Å². The summed E-state index contributed by atoms with van der Waals surface area (Å²) in [6, 6.07) is 8.00. The maximum Gasteiger partial charge on any atom is 0.390 e. The van der Waals surface area contributed by atoms with Gasteiger partial charge in [-0.25, -0.2) is 0 Å². The monoisotopic (exact) mass is 243 g/mol. The lowest BCUT2D eigenvalue weighted by Crippen LogP contribution is -2.27. The van der Waals surface area contributed by atoms with Crippen LogP contribution in [0.4, 0.5) is 13.2 Å². The lowest BCUT2D eigenvalue weighted by Gasteiger charge is -2.20. The van der Waals surface area contributed by atoms with Crippen molar-refractivity contribution in [3.8, 4) is 0 Å². The van der Waals surface area contributed by atoms with Crippen molar-refractivity contribution >= 4 is 0 Å². The number of nitrogens with one attached hydrogen (secondary N) is 1. The first-order valence-corrected chi connectivity index (χ1v) is 5.49. The van der Waals surface area contributed by atoms with Crippen molar-refractivity contribution in [1.82, 2.24) is 5.32 Å². The van der Waals surface area contributed by atoms with Crippen LogP contribution >= 0.6 is 0 Å². The summed E-state index contributed by atoms with van der Waals surface area (Å²) in [6.45, 7) is 4.04. The van der Waals surface area contributed by atoms with E-state index in [0.717, 1.165) is 0 Å². The number of hydrogen-bond acceptors (Lipinski definition) is 1. The molecule has 1 atom stereocenters. The zero-order valence-electron chi connectivity index (χ0n) is 9.50. The second-order valence-corrected chi connectivity index (χ2v) is 3.81. The maximum atomic E-state index is 12.4. The molecule has 0 saturated heterocycles. The predicted molar refractivity (Wildman–Crippen MR) is 62.7 cm³/mol. The summed E-state index contributed by atoms with van der Waals surface area (Å²) in [6.07, 6.45) is -2.68. The Morgan fingerprint density at radius 2 is 1.88 bits per heavy atom. The molecule has 1 aromatic rings. The van der Waals surface area contributed by atoms with Gasteiger partial charge in [-0.15, -0.1) is 6.58 Å². The molecule has 0 aliphatic rings. The van der Waals surface area contributed by atoms with E-state index in [4.69, 9.17) is 0 Å². The third-order valence-electron chi connectivity index (χ3n) is 2.38. The zero-order chi connectivity index (χ0) is 12.7. The van der Waals surface area contributed by atoms with E-state index in [1.807, 2.05) is 0 Å². The van der Waals surface area contributed by atoms with Gasteiger partial charge in [0, 0.05) is 6.04 Å². The number of rotatable bonds is 6. The van der Waals surface area contributed by atoms with Crippen LogP contribution in [0.5, 0.6) is 0 Å². The standard InChI is InChI=1S/C13H16F3N/c1-2-3-9-17-12(10-13(14,15)16)11-7-5-4-6-8-11/h2,4-8,12,17H,1,3,9-10H2. The number of alkyl halides is 3. The van der Waals surface area contributed by atoms with Crippen LogP contribution in [0.1, 0.15) is 24.4 Å². The Balaban J connectivity index is 2.68. The van der Waals surface area contributed by atoms with E-state index in [2.05, 4.69) is 11.9 Å². The van der Waals surface area contributed by atoms with Gasteiger partial charge in [-0.1, -0.05) is 36.4 Å². The summed E-state index contributed by atoms with van der Waals surface area (Å²) in [5.41, 5.74) is 0.661. The molecule has 0 bridgehead atoms. The molecular weight excluding hydrogens is 227 g/mol. The molecule has 17 heavy (non-hydrogen) atoms. The quantitative estimate of drug-likeness (QED) is 0.591. The van der Waals surface area contributed by atoms with Crippen molar-refractivity contribution in [3.63, 3.8) is 0 Å². The molecule has 0 fully saturated rings. The summed E-state index contributed by atoms with van der Waals surface area (Å²) >= 11 is 0. The summed E-state index contributed by atoms with van der Waals surface area (Å²) in [5, 5.41) is 2.90. The van der Waals surface area contributed by atoms with E-state index in [1.54, 1.807) is 36.4 Å². The van der Waals surface area contributed by atoms with Crippen molar-refractivity contribution < 1.29 is 13.2 Å². The second-order valence-electron chi connectivity index (χ2n) is 3.81. The Labute approximate surface area is 99.3 Å². The molecule has 0 saturated carbocycles. The Morgan fingerprint density at radius 1 is 1.24 bits per heavy atom. The molecule has 1 rings (SSSR count). The smallest absolute Gasteiger partial charge is 0.309 e. The van der Waals surface area contributed by atoms with Gasteiger partial charge in [0.2, 0.25) is 0 Å². The van der Waals surface area contributed by atoms with Crippen LogP contribution in [0.2, 0.25) is 0 Å². The first-order chi connectivity index (χ1) is 8.03. The average Bonchev–Trinajstić information content (AvgIpc) is 2.28. The minimum Gasteiger partial charge on any atom is -0.309 e. The third-order valence-corrected chi connectivity index (χ3v) is 2.38. The molecule has 0 aliphatic carbocycles. The van der Waals surface area contributed by atoms with Crippen LogP contribution < -0.4 is 5.32 Å². The summed E-state index contributed by atoms with van der Waals surface area (Å²) in [7, 11) is 0. The Bertz CT molecular complexity index is 332. The van der Waals surface area contributed by atoms with Gasteiger partial charge in [-0.3, -0.25) is 0 Å². The van der Waals surface area contributed by atoms with Crippen molar-refractivity contribution in [2.45, 2.75) is 25.1 Å². The average molecular weight is 243 g/mol. The largest absolute Gasteiger partial charge is 0.390 e. The Morgan fingerprint density at radius 3 is 2.41 bits per heavy atom. The summed E-state index contributed by atoms with van der Waals surface area (Å²) in [4.78, 5) is 0. The van der Waals surface area contributed by atoms with E-state index < -0.39 is 18.6 Å². The fraction of sp³-hybridized carbons (Fsp3) is 0.385.